The fourth-order valence-electron chi connectivity index (χ4n) is 1.24. The number of rotatable bonds is 3. The van der Waals surface area contributed by atoms with Crippen LogP contribution in [0.5, 0.6) is 0 Å². The molecular formula is C12H11ClN2S. The SMILES string of the molecule is Nc1ccc(CSc2ccccc2Cl)cn1. The summed E-state index contributed by atoms with van der Waals surface area (Å²) in [5.74, 6) is 1.39. The highest BCUT2D eigenvalue weighted by Gasteiger charge is 2.00. The van der Waals surface area contributed by atoms with Gasteiger partial charge in [0.2, 0.25) is 0 Å². The normalized spacial score (nSPS) is 10.3. The highest BCUT2D eigenvalue weighted by atomic mass is 35.5. The number of thioether (sulfide) groups is 1. The Hall–Kier alpha value is -1.19. The predicted molar refractivity (Wildman–Crippen MR) is 69.7 cm³/mol. The number of hydrogen-bond acceptors (Lipinski definition) is 3. The lowest BCUT2D eigenvalue weighted by atomic mass is 10.3. The third-order valence-corrected chi connectivity index (χ3v) is 3.66. The van der Waals surface area contributed by atoms with Gasteiger partial charge in [-0.1, -0.05) is 29.8 Å². The number of pyridine rings is 1. The molecule has 0 spiro atoms. The van der Waals surface area contributed by atoms with Crippen LogP contribution in [0, 0.1) is 0 Å². The Balaban J connectivity index is 2.02. The maximum Gasteiger partial charge on any atom is 0.123 e. The molecule has 0 radical (unpaired) electrons. The Kier molecular flexibility index (Phi) is 3.70. The molecule has 1 aromatic carbocycles. The molecule has 0 aliphatic rings. The van der Waals surface area contributed by atoms with Gasteiger partial charge in [-0.25, -0.2) is 4.98 Å². The van der Waals surface area contributed by atoms with Gasteiger partial charge in [-0.2, -0.15) is 0 Å². The van der Waals surface area contributed by atoms with Crippen LogP contribution in [-0.2, 0) is 5.75 Å². The number of nitrogen functional groups attached to an aromatic ring is 1. The average Bonchev–Trinajstić information content (AvgIpc) is 2.30. The van der Waals surface area contributed by atoms with Crippen molar-refractivity contribution < 1.29 is 0 Å². The Morgan fingerprint density at radius 2 is 2.00 bits per heavy atom. The zero-order valence-electron chi connectivity index (χ0n) is 8.56. The second-order valence-electron chi connectivity index (χ2n) is 3.31. The van der Waals surface area contributed by atoms with Crippen molar-refractivity contribution in [3.05, 3.63) is 53.2 Å². The van der Waals surface area contributed by atoms with Gasteiger partial charge >= 0.3 is 0 Å². The first-order chi connectivity index (χ1) is 7.75. The van der Waals surface area contributed by atoms with E-state index in [-0.39, 0.29) is 0 Å². The second kappa shape index (κ2) is 5.23. The van der Waals surface area contributed by atoms with E-state index in [9.17, 15) is 0 Å². The van der Waals surface area contributed by atoms with Gasteiger partial charge in [0.15, 0.2) is 0 Å². The van der Waals surface area contributed by atoms with Crippen LogP contribution in [0.25, 0.3) is 0 Å². The van der Waals surface area contributed by atoms with Crippen molar-refractivity contribution in [2.45, 2.75) is 10.6 Å². The molecule has 16 heavy (non-hydrogen) atoms. The van der Waals surface area contributed by atoms with Crippen LogP contribution in [0.4, 0.5) is 5.82 Å². The summed E-state index contributed by atoms with van der Waals surface area (Å²) in [6, 6.07) is 11.6. The lowest BCUT2D eigenvalue weighted by Crippen LogP contribution is -1.90. The molecule has 0 unspecified atom stereocenters. The molecule has 2 N–H and O–H groups in total. The molecule has 2 rings (SSSR count). The molecule has 2 nitrogen and oxygen atoms in total. The van der Waals surface area contributed by atoms with E-state index >= 15 is 0 Å². The first-order valence-corrected chi connectivity index (χ1v) is 6.20. The van der Waals surface area contributed by atoms with Crippen LogP contribution in [0.2, 0.25) is 5.02 Å². The van der Waals surface area contributed by atoms with Crippen LogP contribution in [0.15, 0.2) is 47.5 Å². The van der Waals surface area contributed by atoms with E-state index in [0.717, 1.165) is 21.2 Å². The molecule has 4 heteroatoms. The predicted octanol–water partition coefficient (Wildman–Crippen LogP) is 3.61. The molecule has 0 bridgehead atoms. The van der Waals surface area contributed by atoms with Gasteiger partial charge in [0.05, 0.1) is 5.02 Å². The van der Waals surface area contributed by atoms with Gasteiger partial charge in [0.1, 0.15) is 5.82 Å². The van der Waals surface area contributed by atoms with Gasteiger partial charge in [-0.05, 0) is 23.8 Å². The molecule has 0 aliphatic carbocycles. The number of nitrogens with zero attached hydrogens (tertiary/aromatic N) is 1. The van der Waals surface area contributed by atoms with E-state index < -0.39 is 0 Å². The maximum atomic E-state index is 6.06. The van der Waals surface area contributed by atoms with Crippen LogP contribution >= 0.6 is 23.4 Å². The Bertz CT molecular complexity index is 471. The number of halogens is 1. The maximum absolute atomic E-state index is 6.06. The molecule has 0 saturated heterocycles. The second-order valence-corrected chi connectivity index (χ2v) is 4.73. The van der Waals surface area contributed by atoms with E-state index in [0.29, 0.717) is 5.82 Å². The van der Waals surface area contributed by atoms with Gasteiger partial charge in [0, 0.05) is 16.8 Å². The van der Waals surface area contributed by atoms with Crippen LogP contribution in [0.3, 0.4) is 0 Å². The zero-order valence-corrected chi connectivity index (χ0v) is 10.1. The monoisotopic (exact) mass is 250 g/mol. The molecule has 0 fully saturated rings. The van der Waals surface area contributed by atoms with Crippen molar-refractivity contribution in [2.75, 3.05) is 5.73 Å². The summed E-state index contributed by atoms with van der Waals surface area (Å²) in [4.78, 5) is 5.13. The number of aromatic nitrogens is 1. The number of benzene rings is 1. The lowest BCUT2D eigenvalue weighted by molar-refractivity contribution is 1.26. The summed E-state index contributed by atoms with van der Waals surface area (Å²) in [5.41, 5.74) is 6.66. The highest BCUT2D eigenvalue weighted by Crippen LogP contribution is 2.29. The van der Waals surface area contributed by atoms with E-state index in [2.05, 4.69) is 4.98 Å². The zero-order chi connectivity index (χ0) is 11.4. The molecule has 0 aliphatic heterocycles. The Labute approximate surface area is 104 Å². The van der Waals surface area contributed by atoms with E-state index in [1.807, 2.05) is 36.4 Å². The number of anilines is 1. The Morgan fingerprint density at radius 3 is 2.69 bits per heavy atom. The summed E-state index contributed by atoms with van der Waals surface area (Å²) in [5, 5.41) is 0.788. The first kappa shape index (κ1) is 11.3. The fourth-order valence-corrected chi connectivity index (χ4v) is 2.42. The fraction of sp³-hybridized carbons (Fsp3) is 0.0833. The lowest BCUT2D eigenvalue weighted by Gasteiger charge is -2.03. The van der Waals surface area contributed by atoms with Gasteiger partial charge in [-0.15, -0.1) is 11.8 Å². The first-order valence-electron chi connectivity index (χ1n) is 4.83. The molecule has 0 saturated carbocycles. The van der Waals surface area contributed by atoms with E-state index in [4.69, 9.17) is 17.3 Å². The Morgan fingerprint density at radius 1 is 1.19 bits per heavy atom. The van der Waals surface area contributed by atoms with Crippen molar-refractivity contribution in [3.63, 3.8) is 0 Å². The van der Waals surface area contributed by atoms with Gasteiger partial charge in [-0.3, -0.25) is 0 Å². The largest absolute Gasteiger partial charge is 0.384 e. The molecule has 1 aromatic heterocycles. The van der Waals surface area contributed by atoms with Gasteiger partial charge in [0.25, 0.3) is 0 Å². The highest BCUT2D eigenvalue weighted by molar-refractivity contribution is 7.98. The number of nitrogens with two attached hydrogens (primary N) is 1. The van der Waals surface area contributed by atoms with Crippen molar-refractivity contribution in [1.82, 2.24) is 4.98 Å². The summed E-state index contributed by atoms with van der Waals surface area (Å²) in [6.45, 7) is 0. The minimum absolute atomic E-state index is 0.548. The molecule has 2 aromatic rings. The summed E-state index contributed by atoms with van der Waals surface area (Å²) in [6.07, 6.45) is 1.79. The smallest absolute Gasteiger partial charge is 0.123 e. The summed E-state index contributed by atoms with van der Waals surface area (Å²) in [7, 11) is 0. The van der Waals surface area contributed by atoms with Crippen molar-refractivity contribution in [3.8, 4) is 0 Å². The van der Waals surface area contributed by atoms with E-state index in [1.54, 1.807) is 18.0 Å². The van der Waals surface area contributed by atoms with Gasteiger partial charge < -0.3 is 5.73 Å². The minimum atomic E-state index is 0.548. The third-order valence-electron chi connectivity index (χ3n) is 2.08. The summed E-state index contributed by atoms with van der Waals surface area (Å²) < 4.78 is 0. The topological polar surface area (TPSA) is 38.9 Å². The third kappa shape index (κ3) is 2.90. The van der Waals surface area contributed by atoms with Crippen molar-refractivity contribution >= 4 is 29.2 Å². The molecule has 0 atom stereocenters. The average molecular weight is 251 g/mol. The molecular weight excluding hydrogens is 240 g/mol. The van der Waals surface area contributed by atoms with Crippen LogP contribution in [0.1, 0.15) is 5.56 Å². The van der Waals surface area contributed by atoms with Crippen LogP contribution < -0.4 is 5.73 Å². The summed E-state index contributed by atoms with van der Waals surface area (Å²) >= 11 is 7.75. The van der Waals surface area contributed by atoms with Crippen LogP contribution in [-0.4, -0.2) is 4.98 Å². The van der Waals surface area contributed by atoms with Crippen molar-refractivity contribution in [2.24, 2.45) is 0 Å². The minimum Gasteiger partial charge on any atom is -0.384 e. The molecule has 82 valence electrons. The molecule has 1 heterocycles. The van der Waals surface area contributed by atoms with Crippen molar-refractivity contribution in [1.29, 1.82) is 0 Å². The quantitative estimate of drug-likeness (QED) is 0.846. The molecule has 0 amide bonds. The standard InChI is InChI=1S/C12H11ClN2S/c13-10-3-1-2-4-11(10)16-8-9-5-6-12(14)15-7-9/h1-7H,8H2,(H2,14,15). The van der Waals surface area contributed by atoms with E-state index in [1.165, 1.54) is 0 Å². The number of hydrogen-bond donors (Lipinski definition) is 1.